The van der Waals surface area contributed by atoms with Crippen molar-refractivity contribution in [3.05, 3.63) is 29.6 Å². The third kappa shape index (κ3) is 1.77. The second kappa shape index (κ2) is 3.49. The van der Waals surface area contributed by atoms with Crippen LogP contribution in [0, 0.1) is 0 Å². The van der Waals surface area contributed by atoms with Crippen LogP contribution in [0.1, 0.15) is 22.8 Å². The zero-order valence-electron chi connectivity index (χ0n) is 6.17. The monoisotopic (exact) mass is 169 g/mol. The summed E-state index contributed by atoms with van der Waals surface area (Å²) < 4.78 is 0. The van der Waals surface area contributed by atoms with Gasteiger partial charge in [0.15, 0.2) is 5.78 Å². The highest BCUT2D eigenvalue weighted by atomic mass is 35.5. The van der Waals surface area contributed by atoms with Crippen molar-refractivity contribution in [1.29, 1.82) is 0 Å². The summed E-state index contributed by atoms with van der Waals surface area (Å²) in [6.45, 7) is 1.51. The first-order chi connectivity index (χ1) is 5.25. The third-order valence-electron chi connectivity index (χ3n) is 1.43. The molecule has 3 heteroatoms. The highest BCUT2D eigenvalue weighted by molar-refractivity contribution is 6.17. The molecule has 1 aromatic heterocycles. The Morgan fingerprint density at radius 3 is 2.91 bits per heavy atom. The van der Waals surface area contributed by atoms with Crippen LogP contribution in [-0.4, -0.2) is 10.8 Å². The second-order valence-electron chi connectivity index (χ2n) is 2.22. The van der Waals surface area contributed by atoms with Crippen molar-refractivity contribution in [3.8, 4) is 0 Å². The number of nitrogens with zero attached hydrogens (tertiary/aromatic N) is 1. The van der Waals surface area contributed by atoms with E-state index in [0.717, 1.165) is 5.56 Å². The van der Waals surface area contributed by atoms with Gasteiger partial charge in [-0.3, -0.25) is 9.78 Å². The topological polar surface area (TPSA) is 30.0 Å². The maximum atomic E-state index is 10.9. The van der Waals surface area contributed by atoms with Crippen LogP contribution in [0.5, 0.6) is 0 Å². The molecule has 0 aromatic carbocycles. The first-order valence-corrected chi connectivity index (χ1v) is 3.79. The average Bonchev–Trinajstić information content (AvgIpc) is 2.04. The Labute approximate surface area is 70.2 Å². The summed E-state index contributed by atoms with van der Waals surface area (Å²) in [5, 5.41) is 0. The van der Waals surface area contributed by atoms with Crippen molar-refractivity contribution in [2.45, 2.75) is 12.8 Å². The Morgan fingerprint density at radius 2 is 2.45 bits per heavy atom. The molecule has 0 aliphatic carbocycles. The van der Waals surface area contributed by atoms with Crippen LogP contribution >= 0.6 is 11.6 Å². The number of hydrogen-bond donors (Lipinski definition) is 0. The molecule has 0 aliphatic heterocycles. The largest absolute Gasteiger partial charge is 0.294 e. The van der Waals surface area contributed by atoms with Gasteiger partial charge < -0.3 is 0 Å². The summed E-state index contributed by atoms with van der Waals surface area (Å²) >= 11 is 5.60. The fraction of sp³-hybridized carbons (Fsp3) is 0.250. The number of ketones is 1. The molecule has 1 heterocycles. The van der Waals surface area contributed by atoms with E-state index in [-0.39, 0.29) is 5.78 Å². The van der Waals surface area contributed by atoms with Gasteiger partial charge in [0, 0.05) is 23.8 Å². The molecule has 1 rings (SSSR count). The number of pyridine rings is 1. The Balaban J connectivity index is 3.12. The molecule has 11 heavy (non-hydrogen) atoms. The number of alkyl halides is 1. The van der Waals surface area contributed by atoms with E-state index in [2.05, 4.69) is 4.98 Å². The Morgan fingerprint density at radius 1 is 1.73 bits per heavy atom. The van der Waals surface area contributed by atoms with Crippen LogP contribution in [0.2, 0.25) is 0 Å². The minimum absolute atomic E-state index is 0.00810. The van der Waals surface area contributed by atoms with E-state index in [1.807, 2.05) is 0 Å². The maximum Gasteiger partial charge on any atom is 0.161 e. The van der Waals surface area contributed by atoms with Crippen molar-refractivity contribution < 1.29 is 4.79 Å². The molecule has 0 saturated heterocycles. The predicted octanol–water partition coefficient (Wildman–Crippen LogP) is 2.02. The molecule has 0 amide bonds. The molecule has 0 spiro atoms. The van der Waals surface area contributed by atoms with Crippen LogP contribution in [0.15, 0.2) is 18.5 Å². The van der Waals surface area contributed by atoms with Crippen molar-refractivity contribution in [3.63, 3.8) is 0 Å². The molecular formula is C8H8ClNO. The van der Waals surface area contributed by atoms with Crippen LogP contribution in [0.3, 0.4) is 0 Å². The van der Waals surface area contributed by atoms with Gasteiger partial charge in [-0.2, -0.15) is 0 Å². The Kier molecular flexibility index (Phi) is 2.60. The highest BCUT2D eigenvalue weighted by Gasteiger charge is 2.04. The van der Waals surface area contributed by atoms with E-state index in [0.29, 0.717) is 11.4 Å². The minimum Gasteiger partial charge on any atom is -0.294 e. The number of aromatic nitrogens is 1. The first-order valence-electron chi connectivity index (χ1n) is 3.25. The van der Waals surface area contributed by atoms with Gasteiger partial charge in [-0.15, -0.1) is 11.6 Å². The van der Waals surface area contributed by atoms with Gasteiger partial charge in [-0.25, -0.2) is 0 Å². The number of carbonyl (C=O) groups excluding carboxylic acids is 1. The van der Waals surface area contributed by atoms with E-state index in [1.165, 1.54) is 6.92 Å². The van der Waals surface area contributed by atoms with Gasteiger partial charge in [0.1, 0.15) is 0 Å². The number of Topliss-reactive ketones (excluding diaryl/α,β-unsaturated/α-hetero) is 1. The lowest BCUT2D eigenvalue weighted by Crippen LogP contribution is -1.97. The quantitative estimate of drug-likeness (QED) is 0.501. The maximum absolute atomic E-state index is 10.9. The molecule has 1 aromatic rings. The zero-order chi connectivity index (χ0) is 8.27. The van der Waals surface area contributed by atoms with Gasteiger partial charge in [0.05, 0.1) is 0 Å². The third-order valence-corrected chi connectivity index (χ3v) is 1.72. The van der Waals surface area contributed by atoms with Crippen molar-refractivity contribution in [2.75, 3.05) is 0 Å². The van der Waals surface area contributed by atoms with Crippen molar-refractivity contribution in [2.24, 2.45) is 0 Å². The predicted molar refractivity (Wildman–Crippen MR) is 43.8 cm³/mol. The molecule has 2 nitrogen and oxygen atoms in total. The Hall–Kier alpha value is -0.890. The smallest absolute Gasteiger partial charge is 0.161 e. The first kappa shape index (κ1) is 8.21. The van der Waals surface area contributed by atoms with Gasteiger partial charge >= 0.3 is 0 Å². The fourth-order valence-electron chi connectivity index (χ4n) is 0.857. The number of carbonyl (C=O) groups is 1. The molecule has 0 fully saturated rings. The zero-order valence-corrected chi connectivity index (χ0v) is 6.93. The van der Waals surface area contributed by atoms with E-state index in [4.69, 9.17) is 11.6 Å². The van der Waals surface area contributed by atoms with E-state index in [1.54, 1.807) is 18.5 Å². The molecular weight excluding hydrogens is 162 g/mol. The summed E-state index contributed by atoms with van der Waals surface area (Å²) in [4.78, 5) is 14.8. The number of rotatable bonds is 2. The second-order valence-corrected chi connectivity index (χ2v) is 2.49. The highest BCUT2D eigenvalue weighted by Crippen LogP contribution is 2.09. The minimum atomic E-state index is 0.00810. The van der Waals surface area contributed by atoms with E-state index in [9.17, 15) is 4.79 Å². The SMILES string of the molecule is CC(=O)c1cnccc1CCl. The van der Waals surface area contributed by atoms with Crippen LogP contribution in [0.4, 0.5) is 0 Å². The van der Waals surface area contributed by atoms with Crippen LogP contribution < -0.4 is 0 Å². The summed E-state index contributed by atoms with van der Waals surface area (Å²) in [6.07, 6.45) is 3.17. The summed E-state index contributed by atoms with van der Waals surface area (Å²) in [6, 6.07) is 1.75. The lowest BCUT2D eigenvalue weighted by molar-refractivity contribution is 0.101. The fourth-order valence-corrected chi connectivity index (χ4v) is 1.09. The van der Waals surface area contributed by atoms with Crippen molar-refractivity contribution in [1.82, 2.24) is 4.98 Å². The Bertz CT molecular complexity index is 273. The van der Waals surface area contributed by atoms with E-state index >= 15 is 0 Å². The van der Waals surface area contributed by atoms with Gasteiger partial charge in [0.2, 0.25) is 0 Å². The number of hydrogen-bond acceptors (Lipinski definition) is 2. The van der Waals surface area contributed by atoms with Crippen LogP contribution in [-0.2, 0) is 5.88 Å². The summed E-state index contributed by atoms with van der Waals surface area (Å²) in [5.74, 6) is 0.367. The van der Waals surface area contributed by atoms with Gasteiger partial charge in [-0.05, 0) is 18.6 Å². The summed E-state index contributed by atoms with van der Waals surface area (Å²) in [7, 11) is 0. The lowest BCUT2D eigenvalue weighted by Gasteiger charge is -1.99. The van der Waals surface area contributed by atoms with Crippen LogP contribution in [0.25, 0.3) is 0 Å². The molecule has 0 bridgehead atoms. The molecule has 0 unspecified atom stereocenters. The lowest BCUT2D eigenvalue weighted by atomic mass is 10.1. The van der Waals surface area contributed by atoms with Crippen molar-refractivity contribution >= 4 is 17.4 Å². The van der Waals surface area contributed by atoms with Gasteiger partial charge in [0.25, 0.3) is 0 Å². The normalized spacial score (nSPS) is 9.64. The number of halogens is 1. The molecule has 0 saturated carbocycles. The summed E-state index contributed by atoms with van der Waals surface area (Å²) in [5.41, 5.74) is 1.46. The molecule has 0 aliphatic rings. The molecule has 58 valence electrons. The molecule has 0 N–H and O–H groups in total. The van der Waals surface area contributed by atoms with E-state index < -0.39 is 0 Å². The van der Waals surface area contributed by atoms with Gasteiger partial charge in [-0.1, -0.05) is 0 Å². The molecule has 0 radical (unpaired) electrons. The average molecular weight is 170 g/mol. The standard InChI is InChI=1S/C8H8ClNO/c1-6(11)8-5-10-3-2-7(8)4-9/h2-3,5H,4H2,1H3. The molecule has 0 atom stereocenters.